The largest absolute Gasteiger partial charge is 0.370 e. The number of nitrogens with zero attached hydrogens (tertiary/aromatic N) is 3. The lowest BCUT2D eigenvalue weighted by atomic mass is 10.1. The highest BCUT2D eigenvalue weighted by Gasteiger charge is 2.16. The summed E-state index contributed by atoms with van der Waals surface area (Å²) in [5.41, 5.74) is 3.14. The Labute approximate surface area is 141 Å². The van der Waals surface area contributed by atoms with Gasteiger partial charge < -0.3 is 10.2 Å². The molecular formula is C19H20N4O. The average molecular weight is 320 g/mol. The molecule has 1 aliphatic rings. The van der Waals surface area contributed by atoms with E-state index in [1.165, 1.54) is 19.3 Å². The fourth-order valence-electron chi connectivity index (χ4n) is 3.00. The van der Waals surface area contributed by atoms with Gasteiger partial charge in [-0.1, -0.05) is 12.1 Å². The van der Waals surface area contributed by atoms with E-state index in [-0.39, 0.29) is 5.91 Å². The highest BCUT2D eigenvalue weighted by Crippen LogP contribution is 2.27. The number of nitriles is 1. The zero-order valence-electron chi connectivity index (χ0n) is 13.5. The van der Waals surface area contributed by atoms with Gasteiger partial charge in [0.05, 0.1) is 30.1 Å². The quantitative estimate of drug-likeness (QED) is 0.937. The van der Waals surface area contributed by atoms with E-state index in [2.05, 4.69) is 21.3 Å². The second kappa shape index (κ2) is 7.60. The number of pyridine rings is 1. The van der Waals surface area contributed by atoms with Crippen LogP contribution in [-0.2, 0) is 6.42 Å². The summed E-state index contributed by atoms with van der Waals surface area (Å²) in [6.07, 6.45) is 7.36. The summed E-state index contributed by atoms with van der Waals surface area (Å²) < 4.78 is 0. The molecule has 1 aromatic carbocycles. The molecule has 0 atom stereocenters. The third-order valence-corrected chi connectivity index (χ3v) is 4.22. The summed E-state index contributed by atoms with van der Waals surface area (Å²) in [5.74, 6) is -0.180. The molecule has 122 valence electrons. The molecule has 0 unspecified atom stereocenters. The fraction of sp³-hybridized carbons (Fsp3) is 0.316. The Morgan fingerprint density at radius 3 is 2.88 bits per heavy atom. The maximum Gasteiger partial charge on any atom is 0.255 e. The second-order valence-corrected chi connectivity index (χ2v) is 5.93. The van der Waals surface area contributed by atoms with Gasteiger partial charge >= 0.3 is 0 Å². The van der Waals surface area contributed by atoms with Crippen molar-refractivity contribution in [1.29, 1.82) is 5.26 Å². The minimum absolute atomic E-state index is 0.180. The van der Waals surface area contributed by atoms with Crippen molar-refractivity contribution in [3.63, 3.8) is 0 Å². The van der Waals surface area contributed by atoms with Gasteiger partial charge in [-0.25, -0.2) is 0 Å². The van der Waals surface area contributed by atoms with Crippen molar-refractivity contribution in [2.45, 2.75) is 25.7 Å². The van der Waals surface area contributed by atoms with Crippen LogP contribution in [0, 0.1) is 11.3 Å². The van der Waals surface area contributed by atoms with Gasteiger partial charge in [-0.15, -0.1) is 0 Å². The first-order valence-electron chi connectivity index (χ1n) is 8.24. The molecule has 0 bridgehead atoms. The van der Waals surface area contributed by atoms with E-state index < -0.39 is 0 Å². The Hall–Kier alpha value is -2.87. The molecule has 0 aliphatic carbocycles. The van der Waals surface area contributed by atoms with Gasteiger partial charge in [0, 0.05) is 24.8 Å². The lowest BCUT2D eigenvalue weighted by Crippen LogP contribution is -2.30. The van der Waals surface area contributed by atoms with Gasteiger partial charge in [-0.05, 0) is 43.0 Å². The fourth-order valence-corrected chi connectivity index (χ4v) is 3.00. The Kier molecular flexibility index (Phi) is 5.07. The molecule has 5 nitrogen and oxygen atoms in total. The number of piperidine rings is 1. The van der Waals surface area contributed by atoms with Crippen LogP contribution in [0.4, 0.5) is 11.4 Å². The summed E-state index contributed by atoms with van der Waals surface area (Å²) in [6, 6.07) is 11.2. The van der Waals surface area contributed by atoms with Crippen LogP contribution in [0.2, 0.25) is 0 Å². The number of carbonyl (C=O) groups excluding carboxylic acids is 1. The number of rotatable bonds is 4. The molecular weight excluding hydrogens is 300 g/mol. The van der Waals surface area contributed by atoms with Gasteiger partial charge in [-0.2, -0.15) is 5.26 Å². The average Bonchev–Trinajstić information content (AvgIpc) is 2.63. The summed E-state index contributed by atoms with van der Waals surface area (Å²) in [6.45, 7) is 2.01. The SMILES string of the molecule is N#CCc1cccc(C(=O)Nc2cnccc2N2CCCCC2)c1. The van der Waals surface area contributed by atoms with Crippen LogP contribution in [0.15, 0.2) is 42.7 Å². The molecule has 2 aromatic rings. The minimum atomic E-state index is -0.180. The molecule has 1 saturated heterocycles. The first-order valence-corrected chi connectivity index (χ1v) is 8.24. The molecule has 5 heteroatoms. The van der Waals surface area contributed by atoms with Gasteiger partial charge in [0.2, 0.25) is 0 Å². The van der Waals surface area contributed by atoms with Crippen molar-refractivity contribution in [2.24, 2.45) is 0 Å². The number of aromatic nitrogens is 1. The molecule has 0 saturated carbocycles. The first kappa shape index (κ1) is 16.0. The molecule has 0 spiro atoms. The third-order valence-electron chi connectivity index (χ3n) is 4.22. The molecule has 24 heavy (non-hydrogen) atoms. The summed E-state index contributed by atoms with van der Waals surface area (Å²) in [4.78, 5) is 19.0. The Morgan fingerprint density at radius 2 is 2.08 bits per heavy atom. The number of amides is 1. The molecule has 1 amide bonds. The van der Waals surface area contributed by atoms with Crippen LogP contribution in [0.25, 0.3) is 0 Å². The van der Waals surface area contributed by atoms with Gasteiger partial charge in [0.25, 0.3) is 5.91 Å². The first-order chi connectivity index (χ1) is 11.8. The smallest absolute Gasteiger partial charge is 0.255 e. The van der Waals surface area contributed by atoms with Gasteiger partial charge in [0.1, 0.15) is 0 Å². The molecule has 1 N–H and O–H groups in total. The number of hydrogen-bond acceptors (Lipinski definition) is 4. The topological polar surface area (TPSA) is 69.0 Å². The van der Waals surface area contributed by atoms with E-state index in [4.69, 9.17) is 5.26 Å². The Bertz CT molecular complexity index is 760. The highest BCUT2D eigenvalue weighted by atomic mass is 16.1. The summed E-state index contributed by atoms with van der Waals surface area (Å²) >= 11 is 0. The van der Waals surface area contributed by atoms with Crippen LogP contribution in [-0.4, -0.2) is 24.0 Å². The Morgan fingerprint density at radius 1 is 1.25 bits per heavy atom. The monoisotopic (exact) mass is 320 g/mol. The summed E-state index contributed by atoms with van der Waals surface area (Å²) in [7, 11) is 0. The highest BCUT2D eigenvalue weighted by molar-refractivity contribution is 6.05. The van der Waals surface area contributed by atoms with E-state index in [0.29, 0.717) is 12.0 Å². The lowest BCUT2D eigenvalue weighted by molar-refractivity contribution is 0.102. The molecule has 2 heterocycles. The zero-order chi connectivity index (χ0) is 16.8. The van der Waals surface area contributed by atoms with Gasteiger partial charge in [-0.3, -0.25) is 9.78 Å². The van der Waals surface area contributed by atoms with Crippen molar-refractivity contribution < 1.29 is 4.79 Å². The number of hydrogen-bond donors (Lipinski definition) is 1. The minimum Gasteiger partial charge on any atom is -0.370 e. The van der Waals surface area contributed by atoms with Crippen LogP contribution in [0.5, 0.6) is 0 Å². The molecule has 1 aliphatic heterocycles. The standard InChI is InChI=1S/C19H20N4O/c20-9-7-15-5-4-6-16(13-15)19(24)22-17-14-21-10-8-18(17)23-11-2-1-3-12-23/h4-6,8,10,13-14H,1-3,7,11-12H2,(H,22,24). The van der Waals surface area contributed by atoms with Crippen molar-refractivity contribution in [3.05, 3.63) is 53.9 Å². The second-order valence-electron chi connectivity index (χ2n) is 5.93. The van der Waals surface area contributed by atoms with E-state index in [0.717, 1.165) is 30.0 Å². The van der Waals surface area contributed by atoms with Crippen molar-refractivity contribution in [3.8, 4) is 6.07 Å². The van der Waals surface area contributed by atoms with Gasteiger partial charge in [0.15, 0.2) is 0 Å². The molecule has 3 rings (SSSR count). The van der Waals surface area contributed by atoms with Crippen molar-refractivity contribution >= 4 is 17.3 Å². The maximum atomic E-state index is 12.6. The van der Waals surface area contributed by atoms with Crippen LogP contribution >= 0.6 is 0 Å². The number of nitrogens with one attached hydrogen (secondary N) is 1. The molecule has 1 aromatic heterocycles. The summed E-state index contributed by atoms with van der Waals surface area (Å²) in [5, 5.41) is 11.8. The molecule has 0 radical (unpaired) electrons. The number of anilines is 2. The Balaban J connectivity index is 1.79. The van der Waals surface area contributed by atoms with Crippen LogP contribution in [0.1, 0.15) is 35.2 Å². The predicted molar refractivity (Wildman–Crippen MR) is 94.0 cm³/mol. The maximum absolute atomic E-state index is 12.6. The van der Waals surface area contributed by atoms with Crippen LogP contribution < -0.4 is 10.2 Å². The number of carbonyl (C=O) groups is 1. The van der Waals surface area contributed by atoms with Crippen LogP contribution in [0.3, 0.4) is 0 Å². The van der Waals surface area contributed by atoms with E-state index >= 15 is 0 Å². The molecule has 1 fully saturated rings. The van der Waals surface area contributed by atoms with E-state index in [1.54, 1.807) is 30.6 Å². The predicted octanol–water partition coefficient (Wildman–Crippen LogP) is 3.39. The third kappa shape index (κ3) is 3.72. The number of benzene rings is 1. The zero-order valence-corrected chi connectivity index (χ0v) is 13.5. The lowest BCUT2D eigenvalue weighted by Gasteiger charge is -2.30. The van der Waals surface area contributed by atoms with Crippen molar-refractivity contribution in [1.82, 2.24) is 4.98 Å². The van der Waals surface area contributed by atoms with Crippen molar-refractivity contribution in [2.75, 3.05) is 23.3 Å². The normalized spacial score (nSPS) is 14.0. The van der Waals surface area contributed by atoms with E-state index in [9.17, 15) is 4.79 Å². The van der Waals surface area contributed by atoms with E-state index in [1.807, 2.05) is 12.1 Å².